The Morgan fingerprint density at radius 2 is 1.52 bits per heavy atom. The first-order chi connectivity index (χ1) is 10.3. The van der Waals surface area contributed by atoms with Crippen LogP contribution in [-0.4, -0.2) is 4.57 Å². The Hall–Kier alpha value is -2.54. The van der Waals surface area contributed by atoms with Crippen molar-refractivity contribution in [3.8, 4) is 11.1 Å². The van der Waals surface area contributed by atoms with Crippen LogP contribution in [0.4, 0.5) is 0 Å². The molecule has 0 radical (unpaired) electrons. The molecular formula is C20H17N. The van der Waals surface area contributed by atoms with Gasteiger partial charge >= 0.3 is 0 Å². The number of hydrogen-bond donors (Lipinski definition) is 0. The van der Waals surface area contributed by atoms with E-state index in [0.717, 1.165) is 0 Å². The molecule has 0 bridgehead atoms. The van der Waals surface area contributed by atoms with Gasteiger partial charge in [-0.2, -0.15) is 0 Å². The highest BCUT2D eigenvalue weighted by atomic mass is 14.9. The monoisotopic (exact) mass is 271 g/mol. The van der Waals surface area contributed by atoms with E-state index >= 15 is 0 Å². The lowest BCUT2D eigenvalue weighted by atomic mass is 10.0. The Balaban J connectivity index is 2.09. The van der Waals surface area contributed by atoms with Crippen LogP contribution < -0.4 is 0 Å². The highest BCUT2D eigenvalue weighted by molar-refractivity contribution is 6.10. The summed E-state index contributed by atoms with van der Waals surface area (Å²) in [7, 11) is 2.15. The second-order valence-corrected chi connectivity index (χ2v) is 5.63. The van der Waals surface area contributed by atoms with Gasteiger partial charge in [0.1, 0.15) is 0 Å². The van der Waals surface area contributed by atoms with Gasteiger partial charge in [0.05, 0.1) is 5.52 Å². The molecule has 0 aliphatic rings. The van der Waals surface area contributed by atoms with Crippen LogP contribution in [-0.2, 0) is 7.05 Å². The SMILES string of the molecule is Cc1cccc2c3cc(-c4ccccc4)ccc3n(C)c12. The van der Waals surface area contributed by atoms with Gasteiger partial charge in [-0.3, -0.25) is 0 Å². The molecule has 1 heterocycles. The molecule has 0 atom stereocenters. The van der Waals surface area contributed by atoms with Crippen LogP contribution in [0.5, 0.6) is 0 Å². The summed E-state index contributed by atoms with van der Waals surface area (Å²) in [4.78, 5) is 0. The van der Waals surface area contributed by atoms with Gasteiger partial charge < -0.3 is 4.57 Å². The molecule has 1 heteroatoms. The zero-order chi connectivity index (χ0) is 14.4. The molecular weight excluding hydrogens is 254 g/mol. The normalized spacial score (nSPS) is 11.3. The summed E-state index contributed by atoms with van der Waals surface area (Å²) in [5.74, 6) is 0. The van der Waals surface area contributed by atoms with E-state index in [1.807, 2.05) is 0 Å². The van der Waals surface area contributed by atoms with Gasteiger partial charge in [0.2, 0.25) is 0 Å². The third-order valence-electron chi connectivity index (χ3n) is 4.33. The zero-order valence-electron chi connectivity index (χ0n) is 12.3. The Bertz CT molecular complexity index is 946. The lowest BCUT2D eigenvalue weighted by Gasteiger charge is -2.03. The maximum atomic E-state index is 2.31. The summed E-state index contributed by atoms with van der Waals surface area (Å²) in [5, 5.41) is 2.67. The summed E-state index contributed by atoms with van der Waals surface area (Å²) in [6.07, 6.45) is 0. The van der Waals surface area contributed by atoms with Gasteiger partial charge in [-0.25, -0.2) is 0 Å². The van der Waals surface area contributed by atoms with Crippen LogP contribution in [0, 0.1) is 6.92 Å². The molecule has 0 saturated carbocycles. The predicted molar refractivity (Wildman–Crippen MR) is 90.6 cm³/mol. The number of hydrogen-bond acceptors (Lipinski definition) is 0. The third kappa shape index (κ3) is 1.78. The van der Waals surface area contributed by atoms with Gasteiger partial charge in [0.15, 0.2) is 0 Å². The van der Waals surface area contributed by atoms with E-state index in [0.29, 0.717) is 0 Å². The minimum absolute atomic E-state index is 1.27. The smallest absolute Gasteiger partial charge is 0.0518 e. The fourth-order valence-corrected chi connectivity index (χ4v) is 3.30. The number of para-hydroxylation sites is 1. The molecule has 0 saturated heterocycles. The van der Waals surface area contributed by atoms with Crippen LogP contribution in [0.3, 0.4) is 0 Å². The summed E-state index contributed by atoms with van der Waals surface area (Å²) in [6.45, 7) is 2.18. The van der Waals surface area contributed by atoms with Crippen molar-refractivity contribution in [3.05, 3.63) is 72.3 Å². The van der Waals surface area contributed by atoms with Crippen molar-refractivity contribution >= 4 is 21.8 Å². The number of aryl methyl sites for hydroxylation is 2. The Morgan fingerprint density at radius 3 is 2.33 bits per heavy atom. The molecule has 0 spiro atoms. The summed E-state index contributed by atoms with van der Waals surface area (Å²) in [5.41, 5.74) is 6.49. The second kappa shape index (κ2) is 4.49. The van der Waals surface area contributed by atoms with Gasteiger partial charge in [-0.05, 0) is 35.7 Å². The predicted octanol–water partition coefficient (Wildman–Crippen LogP) is 5.31. The fraction of sp³-hybridized carbons (Fsp3) is 0.100. The molecule has 0 aliphatic carbocycles. The van der Waals surface area contributed by atoms with Crippen molar-refractivity contribution in [2.45, 2.75) is 6.92 Å². The maximum absolute atomic E-state index is 2.31. The molecule has 1 aromatic heterocycles. The number of nitrogens with zero attached hydrogens (tertiary/aromatic N) is 1. The van der Waals surface area contributed by atoms with Crippen LogP contribution in [0.15, 0.2) is 66.7 Å². The van der Waals surface area contributed by atoms with E-state index in [2.05, 4.69) is 85.3 Å². The van der Waals surface area contributed by atoms with Crippen molar-refractivity contribution in [3.63, 3.8) is 0 Å². The highest BCUT2D eigenvalue weighted by Gasteiger charge is 2.10. The Kier molecular flexibility index (Phi) is 2.61. The molecule has 4 aromatic rings. The average Bonchev–Trinajstić information content (AvgIpc) is 2.82. The first-order valence-corrected chi connectivity index (χ1v) is 7.29. The van der Waals surface area contributed by atoms with Crippen molar-refractivity contribution < 1.29 is 0 Å². The molecule has 0 fully saturated rings. The first-order valence-electron chi connectivity index (χ1n) is 7.29. The summed E-state index contributed by atoms with van der Waals surface area (Å²) in [6, 6.07) is 23.9. The molecule has 0 unspecified atom stereocenters. The van der Waals surface area contributed by atoms with E-state index in [-0.39, 0.29) is 0 Å². The number of benzene rings is 3. The van der Waals surface area contributed by atoms with Gasteiger partial charge in [-0.15, -0.1) is 0 Å². The van der Waals surface area contributed by atoms with Gasteiger partial charge in [0.25, 0.3) is 0 Å². The lowest BCUT2D eigenvalue weighted by Crippen LogP contribution is -1.88. The Morgan fingerprint density at radius 1 is 0.714 bits per heavy atom. The second-order valence-electron chi connectivity index (χ2n) is 5.63. The van der Waals surface area contributed by atoms with Crippen molar-refractivity contribution in [1.82, 2.24) is 4.57 Å². The molecule has 1 nitrogen and oxygen atoms in total. The number of fused-ring (bicyclic) bond motifs is 3. The van der Waals surface area contributed by atoms with E-state index in [9.17, 15) is 0 Å². The van der Waals surface area contributed by atoms with E-state index in [4.69, 9.17) is 0 Å². The minimum Gasteiger partial charge on any atom is -0.343 e. The highest BCUT2D eigenvalue weighted by Crippen LogP contribution is 2.33. The Labute approximate surface area is 124 Å². The van der Waals surface area contributed by atoms with Crippen LogP contribution >= 0.6 is 0 Å². The molecule has 3 aromatic carbocycles. The molecule has 0 N–H and O–H groups in total. The molecule has 102 valence electrons. The quantitative estimate of drug-likeness (QED) is 0.442. The van der Waals surface area contributed by atoms with Gasteiger partial charge in [0, 0.05) is 23.3 Å². The van der Waals surface area contributed by atoms with Crippen LogP contribution in [0.1, 0.15) is 5.56 Å². The largest absolute Gasteiger partial charge is 0.343 e. The maximum Gasteiger partial charge on any atom is 0.0518 e. The minimum atomic E-state index is 1.27. The first kappa shape index (κ1) is 12.2. The van der Waals surface area contributed by atoms with E-state index in [1.54, 1.807) is 0 Å². The average molecular weight is 271 g/mol. The zero-order valence-corrected chi connectivity index (χ0v) is 12.3. The van der Waals surface area contributed by atoms with Crippen molar-refractivity contribution in [1.29, 1.82) is 0 Å². The van der Waals surface area contributed by atoms with E-state index < -0.39 is 0 Å². The standard InChI is InChI=1S/C20H17N/c1-14-7-6-10-17-18-13-16(15-8-4-3-5-9-15)11-12-19(18)21(2)20(14)17/h3-13H,1-2H3. The van der Waals surface area contributed by atoms with Gasteiger partial charge in [-0.1, -0.05) is 54.6 Å². The van der Waals surface area contributed by atoms with E-state index in [1.165, 1.54) is 38.5 Å². The number of aromatic nitrogens is 1. The van der Waals surface area contributed by atoms with Crippen molar-refractivity contribution in [2.24, 2.45) is 7.05 Å². The summed E-state index contributed by atoms with van der Waals surface area (Å²) < 4.78 is 2.30. The molecule has 21 heavy (non-hydrogen) atoms. The van der Waals surface area contributed by atoms with Crippen LogP contribution in [0.25, 0.3) is 32.9 Å². The fourth-order valence-electron chi connectivity index (χ4n) is 3.30. The third-order valence-corrected chi connectivity index (χ3v) is 4.33. The van der Waals surface area contributed by atoms with Crippen molar-refractivity contribution in [2.75, 3.05) is 0 Å². The van der Waals surface area contributed by atoms with Crippen LogP contribution in [0.2, 0.25) is 0 Å². The molecule has 4 rings (SSSR count). The summed E-state index contributed by atoms with van der Waals surface area (Å²) >= 11 is 0. The molecule has 0 aliphatic heterocycles. The lowest BCUT2D eigenvalue weighted by molar-refractivity contribution is 1.01. The topological polar surface area (TPSA) is 4.93 Å². The molecule has 0 amide bonds. The number of rotatable bonds is 1.